The molecule has 1 amide bonds. The van der Waals surface area contributed by atoms with Crippen LogP contribution in [0, 0.1) is 0 Å². The molecule has 16 heavy (non-hydrogen) atoms. The predicted octanol–water partition coefficient (Wildman–Crippen LogP) is 2.55. The fourth-order valence-electron chi connectivity index (χ4n) is 2.54. The number of aryl methyl sites for hydroxylation is 2. The Bertz CT molecular complexity index is 569. The summed E-state index contributed by atoms with van der Waals surface area (Å²) in [5.74, 6) is -0.0105. The molecule has 1 aromatic carbocycles. The highest BCUT2D eigenvalue weighted by Gasteiger charge is 2.15. The highest BCUT2D eigenvalue weighted by molar-refractivity contribution is 6.02. The Kier molecular flexibility index (Phi) is 1.99. The van der Waals surface area contributed by atoms with E-state index in [-0.39, 0.29) is 5.91 Å². The number of amides is 1. The highest BCUT2D eigenvalue weighted by Crippen LogP contribution is 2.32. The van der Waals surface area contributed by atoms with Gasteiger partial charge in [-0.1, -0.05) is 18.2 Å². The van der Waals surface area contributed by atoms with Crippen LogP contribution in [0.4, 0.5) is 5.69 Å². The standard InChI is InChI=1S/C13H14N2O/c1-9(16)14-12-8-15-7-3-5-10-4-2-6-11(12)13(10)15/h2,4,6,8H,3,5,7H2,1H3,(H,14,16). The summed E-state index contributed by atoms with van der Waals surface area (Å²) in [6, 6.07) is 6.32. The summed E-state index contributed by atoms with van der Waals surface area (Å²) in [4.78, 5) is 11.1. The first-order chi connectivity index (χ1) is 7.75. The third-order valence-corrected chi connectivity index (χ3v) is 3.14. The predicted molar refractivity (Wildman–Crippen MR) is 64.6 cm³/mol. The zero-order chi connectivity index (χ0) is 11.1. The summed E-state index contributed by atoms with van der Waals surface area (Å²) < 4.78 is 2.25. The Balaban J connectivity index is 2.25. The first kappa shape index (κ1) is 9.46. The Labute approximate surface area is 94.1 Å². The summed E-state index contributed by atoms with van der Waals surface area (Å²) in [7, 11) is 0. The molecule has 0 atom stereocenters. The van der Waals surface area contributed by atoms with Gasteiger partial charge in [-0.25, -0.2) is 0 Å². The van der Waals surface area contributed by atoms with E-state index in [1.165, 1.54) is 17.5 Å². The maximum absolute atomic E-state index is 11.1. The van der Waals surface area contributed by atoms with Gasteiger partial charge < -0.3 is 9.88 Å². The van der Waals surface area contributed by atoms with Crippen molar-refractivity contribution in [1.29, 1.82) is 0 Å². The van der Waals surface area contributed by atoms with E-state index in [1.807, 2.05) is 0 Å². The van der Waals surface area contributed by atoms with Gasteiger partial charge in [-0.3, -0.25) is 4.79 Å². The molecule has 3 heteroatoms. The molecule has 2 aromatic rings. The van der Waals surface area contributed by atoms with Crippen LogP contribution >= 0.6 is 0 Å². The van der Waals surface area contributed by atoms with Crippen LogP contribution in [0.5, 0.6) is 0 Å². The van der Waals surface area contributed by atoms with E-state index in [4.69, 9.17) is 0 Å². The zero-order valence-corrected chi connectivity index (χ0v) is 9.29. The van der Waals surface area contributed by atoms with Gasteiger partial charge >= 0.3 is 0 Å². The van der Waals surface area contributed by atoms with Crippen LogP contribution in [-0.4, -0.2) is 10.5 Å². The molecule has 1 aliphatic rings. The topological polar surface area (TPSA) is 34.0 Å². The van der Waals surface area contributed by atoms with Gasteiger partial charge in [-0.2, -0.15) is 0 Å². The lowest BCUT2D eigenvalue weighted by molar-refractivity contribution is -0.114. The van der Waals surface area contributed by atoms with Gasteiger partial charge in [0.15, 0.2) is 0 Å². The van der Waals surface area contributed by atoms with Crippen molar-refractivity contribution in [2.75, 3.05) is 5.32 Å². The Morgan fingerprint density at radius 1 is 1.44 bits per heavy atom. The van der Waals surface area contributed by atoms with Crippen LogP contribution < -0.4 is 5.32 Å². The van der Waals surface area contributed by atoms with Crippen molar-refractivity contribution in [3.05, 3.63) is 30.0 Å². The number of nitrogens with one attached hydrogen (secondary N) is 1. The molecule has 3 nitrogen and oxygen atoms in total. The minimum atomic E-state index is -0.0105. The average Bonchev–Trinajstić information content (AvgIpc) is 2.59. The van der Waals surface area contributed by atoms with E-state index in [0.29, 0.717) is 0 Å². The minimum absolute atomic E-state index is 0.0105. The van der Waals surface area contributed by atoms with Gasteiger partial charge in [0.05, 0.1) is 11.2 Å². The van der Waals surface area contributed by atoms with E-state index in [1.54, 1.807) is 6.92 Å². The number of anilines is 1. The Morgan fingerprint density at radius 3 is 3.12 bits per heavy atom. The first-order valence-electron chi connectivity index (χ1n) is 5.64. The van der Waals surface area contributed by atoms with Gasteiger partial charge in [0.1, 0.15) is 0 Å². The number of hydrogen-bond donors (Lipinski definition) is 1. The fraction of sp³-hybridized carbons (Fsp3) is 0.308. The second-order valence-electron chi connectivity index (χ2n) is 4.33. The highest BCUT2D eigenvalue weighted by atomic mass is 16.1. The molecule has 0 fully saturated rings. The van der Waals surface area contributed by atoms with Crippen LogP contribution in [0.25, 0.3) is 10.9 Å². The number of rotatable bonds is 1. The smallest absolute Gasteiger partial charge is 0.221 e. The lowest BCUT2D eigenvalue weighted by Gasteiger charge is -2.14. The summed E-state index contributed by atoms with van der Waals surface area (Å²) in [5.41, 5.74) is 3.61. The van der Waals surface area contributed by atoms with Gasteiger partial charge in [-0.15, -0.1) is 0 Å². The number of para-hydroxylation sites is 1. The number of carbonyl (C=O) groups excluding carboxylic acids is 1. The molecular formula is C13H14N2O. The van der Waals surface area contributed by atoms with Crippen molar-refractivity contribution in [3.8, 4) is 0 Å². The van der Waals surface area contributed by atoms with E-state index in [0.717, 1.165) is 24.0 Å². The van der Waals surface area contributed by atoms with Gasteiger partial charge in [0.25, 0.3) is 0 Å². The summed E-state index contributed by atoms with van der Waals surface area (Å²) >= 11 is 0. The number of carbonyl (C=O) groups is 1. The van der Waals surface area contributed by atoms with Crippen molar-refractivity contribution in [3.63, 3.8) is 0 Å². The molecule has 0 aliphatic carbocycles. The molecule has 0 bridgehead atoms. The number of nitrogens with zero attached hydrogens (tertiary/aromatic N) is 1. The molecule has 0 radical (unpaired) electrons. The molecular weight excluding hydrogens is 200 g/mol. The van der Waals surface area contributed by atoms with Crippen molar-refractivity contribution in [2.24, 2.45) is 0 Å². The SMILES string of the molecule is CC(=O)Nc1cn2c3c(cccc13)CCC2. The van der Waals surface area contributed by atoms with Gasteiger partial charge in [0.2, 0.25) is 5.91 Å². The average molecular weight is 214 g/mol. The lowest BCUT2D eigenvalue weighted by Crippen LogP contribution is -2.06. The van der Waals surface area contributed by atoms with E-state index in [9.17, 15) is 4.79 Å². The van der Waals surface area contributed by atoms with Crippen LogP contribution in [0.3, 0.4) is 0 Å². The fourth-order valence-corrected chi connectivity index (χ4v) is 2.54. The minimum Gasteiger partial charge on any atom is -0.345 e. The summed E-state index contributed by atoms with van der Waals surface area (Å²) in [6.45, 7) is 2.60. The van der Waals surface area contributed by atoms with Crippen molar-refractivity contribution >= 4 is 22.5 Å². The van der Waals surface area contributed by atoms with Gasteiger partial charge in [-0.05, 0) is 18.4 Å². The van der Waals surface area contributed by atoms with Crippen molar-refractivity contribution in [1.82, 2.24) is 4.57 Å². The quantitative estimate of drug-likeness (QED) is 0.777. The molecule has 0 saturated carbocycles. The molecule has 1 aliphatic heterocycles. The number of benzene rings is 1. The third-order valence-electron chi connectivity index (χ3n) is 3.14. The monoisotopic (exact) mass is 214 g/mol. The second-order valence-corrected chi connectivity index (χ2v) is 4.33. The Hall–Kier alpha value is -1.77. The maximum atomic E-state index is 11.1. The molecule has 2 heterocycles. The van der Waals surface area contributed by atoms with Crippen molar-refractivity contribution < 1.29 is 4.79 Å². The van der Waals surface area contributed by atoms with Crippen LogP contribution in [0.2, 0.25) is 0 Å². The first-order valence-corrected chi connectivity index (χ1v) is 5.64. The molecule has 82 valence electrons. The third kappa shape index (κ3) is 1.32. The summed E-state index contributed by atoms with van der Waals surface area (Å²) in [6.07, 6.45) is 4.37. The number of hydrogen-bond acceptors (Lipinski definition) is 1. The van der Waals surface area contributed by atoms with Crippen LogP contribution in [0.15, 0.2) is 24.4 Å². The van der Waals surface area contributed by atoms with Crippen molar-refractivity contribution in [2.45, 2.75) is 26.3 Å². The van der Waals surface area contributed by atoms with E-state index in [2.05, 4.69) is 34.3 Å². The molecule has 0 unspecified atom stereocenters. The molecule has 1 aromatic heterocycles. The summed E-state index contributed by atoms with van der Waals surface area (Å²) in [5, 5.41) is 4.06. The maximum Gasteiger partial charge on any atom is 0.221 e. The van der Waals surface area contributed by atoms with Gasteiger partial charge in [0, 0.05) is 25.1 Å². The second kappa shape index (κ2) is 3.37. The molecule has 0 saturated heterocycles. The molecule has 3 rings (SSSR count). The van der Waals surface area contributed by atoms with E-state index >= 15 is 0 Å². The normalized spacial score (nSPS) is 14.1. The Morgan fingerprint density at radius 2 is 2.31 bits per heavy atom. The zero-order valence-electron chi connectivity index (χ0n) is 9.29. The van der Waals surface area contributed by atoms with Crippen LogP contribution in [-0.2, 0) is 17.8 Å². The number of aromatic nitrogens is 1. The molecule has 0 spiro atoms. The molecule has 1 N–H and O–H groups in total. The van der Waals surface area contributed by atoms with Crippen LogP contribution in [0.1, 0.15) is 18.9 Å². The largest absolute Gasteiger partial charge is 0.345 e. The van der Waals surface area contributed by atoms with E-state index < -0.39 is 0 Å². The lowest BCUT2D eigenvalue weighted by atomic mass is 10.0.